The van der Waals surface area contributed by atoms with Crippen molar-refractivity contribution in [3.63, 3.8) is 0 Å². The Morgan fingerprint density at radius 1 is 1.45 bits per heavy atom. The van der Waals surface area contributed by atoms with Crippen molar-refractivity contribution < 1.29 is 9.84 Å². The van der Waals surface area contributed by atoms with E-state index in [0.29, 0.717) is 12.3 Å². The Kier molecular flexibility index (Phi) is 4.82. The van der Waals surface area contributed by atoms with Gasteiger partial charge in [-0.25, -0.2) is 0 Å². The Bertz CT molecular complexity index is 92.1. The van der Waals surface area contributed by atoms with Crippen LogP contribution in [0.15, 0.2) is 0 Å². The van der Waals surface area contributed by atoms with Crippen LogP contribution in [0.1, 0.15) is 25.7 Å². The van der Waals surface area contributed by atoms with Crippen molar-refractivity contribution in [2.75, 3.05) is 13.2 Å². The summed E-state index contributed by atoms with van der Waals surface area (Å²) in [5, 5.41) is 8.58. The highest BCUT2D eigenvalue weighted by atomic mass is 28.2. The van der Waals surface area contributed by atoms with E-state index in [2.05, 4.69) is 0 Å². The predicted octanol–water partition coefficient (Wildman–Crippen LogP) is 0.483. The average molecular weight is 174 g/mol. The van der Waals surface area contributed by atoms with Crippen LogP contribution < -0.4 is 0 Å². The van der Waals surface area contributed by atoms with Crippen LogP contribution in [-0.2, 0) is 4.74 Å². The van der Waals surface area contributed by atoms with Crippen LogP contribution in [-0.4, -0.2) is 33.6 Å². The van der Waals surface area contributed by atoms with E-state index in [1.807, 2.05) is 0 Å². The minimum absolute atomic E-state index is 0.0277. The number of aliphatic hydroxyl groups excluding tert-OH is 1. The maximum atomic E-state index is 8.58. The van der Waals surface area contributed by atoms with Crippen molar-refractivity contribution in [3.8, 4) is 0 Å². The monoisotopic (exact) mass is 174 g/mol. The first-order valence-corrected chi connectivity index (χ1v) is 6.47. The van der Waals surface area contributed by atoms with Crippen molar-refractivity contribution in [1.29, 1.82) is 0 Å². The third-order valence-electron chi connectivity index (χ3n) is 2.21. The molecule has 1 fully saturated rings. The minimum Gasteiger partial charge on any atom is -0.396 e. The van der Waals surface area contributed by atoms with Crippen LogP contribution in [0.2, 0.25) is 6.04 Å². The molecular weight excluding hydrogens is 156 g/mol. The second-order valence-corrected chi connectivity index (χ2v) is 5.40. The van der Waals surface area contributed by atoms with Gasteiger partial charge in [0.1, 0.15) is 0 Å². The van der Waals surface area contributed by atoms with Crippen molar-refractivity contribution in [3.05, 3.63) is 0 Å². The zero-order valence-electron chi connectivity index (χ0n) is 7.09. The van der Waals surface area contributed by atoms with Gasteiger partial charge >= 0.3 is 0 Å². The Labute approximate surface area is 70.8 Å². The summed E-state index contributed by atoms with van der Waals surface area (Å²) in [5.41, 5.74) is 0.635. The van der Waals surface area contributed by atoms with Gasteiger partial charge in [0.2, 0.25) is 0 Å². The molecule has 3 heteroatoms. The first-order chi connectivity index (χ1) is 5.43. The maximum Gasteiger partial charge on any atom is 0.0556 e. The van der Waals surface area contributed by atoms with Gasteiger partial charge in [0, 0.05) is 18.9 Å². The van der Waals surface area contributed by atoms with Crippen LogP contribution in [0.3, 0.4) is 0 Å². The molecule has 1 saturated heterocycles. The summed E-state index contributed by atoms with van der Waals surface area (Å²) in [5.74, 6) is 0. The van der Waals surface area contributed by atoms with Gasteiger partial charge in [-0.2, -0.15) is 0 Å². The Hall–Kier alpha value is 0.137. The highest BCUT2D eigenvalue weighted by Crippen LogP contribution is 2.12. The molecule has 11 heavy (non-hydrogen) atoms. The fraction of sp³-hybridized carbons (Fsp3) is 1.00. The predicted molar refractivity (Wildman–Crippen MR) is 48.6 cm³/mol. The first-order valence-electron chi connectivity index (χ1n) is 4.66. The number of rotatable bonds is 4. The van der Waals surface area contributed by atoms with Crippen LogP contribution in [0.5, 0.6) is 0 Å². The van der Waals surface area contributed by atoms with Gasteiger partial charge in [-0.1, -0.05) is 6.04 Å². The topological polar surface area (TPSA) is 29.5 Å². The number of hydrogen-bond donors (Lipinski definition) is 1. The fourth-order valence-corrected chi connectivity index (χ4v) is 3.40. The summed E-state index contributed by atoms with van der Waals surface area (Å²) < 4.78 is 5.60. The van der Waals surface area contributed by atoms with Gasteiger partial charge in [-0.15, -0.1) is 0 Å². The van der Waals surface area contributed by atoms with Crippen molar-refractivity contribution in [2.24, 2.45) is 0 Å². The summed E-state index contributed by atoms with van der Waals surface area (Å²) in [6.07, 6.45) is 4.89. The molecule has 1 aliphatic heterocycles. The van der Waals surface area contributed by atoms with E-state index < -0.39 is 0 Å². The molecule has 0 amide bonds. The van der Waals surface area contributed by atoms with E-state index in [0.717, 1.165) is 13.0 Å². The molecule has 0 radical (unpaired) electrons. The molecule has 1 N–H and O–H groups in total. The van der Waals surface area contributed by atoms with Crippen molar-refractivity contribution >= 4 is 9.52 Å². The summed E-state index contributed by atoms with van der Waals surface area (Å²) in [6, 6.07) is 1.25. The SMILES string of the molecule is OCCC[SiH2]C1CCCCO1. The van der Waals surface area contributed by atoms with Crippen LogP contribution in [0.4, 0.5) is 0 Å². The second-order valence-electron chi connectivity index (χ2n) is 3.21. The van der Waals surface area contributed by atoms with E-state index in [4.69, 9.17) is 9.84 Å². The lowest BCUT2D eigenvalue weighted by molar-refractivity contribution is 0.0649. The highest BCUT2D eigenvalue weighted by Gasteiger charge is 2.12. The zero-order valence-corrected chi connectivity index (χ0v) is 8.50. The Morgan fingerprint density at radius 2 is 2.36 bits per heavy atom. The van der Waals surface area contributed by atoms with Crippen LogP contribution in [0.25, 0.3) is 0 Å². The lowest BCUT2D eigenvalue weighted by Gasteiger charge is -2.21. The van der Waals surface area contributed by atoms with Crippen molar-refractivity contribution in [2.45, 2.75) is 37.5 Å². The third kappa shape index (κ3) is 3.89. The molecule has 2 nitrogen and oxygen atoms in total. The number of hydrogen-bond acceptors (Lipinski definition) is 2. The minimum atomic E-state index is -0.0277. The standard InChI is InChI=1S/C8H18O2Si/c9-5-3-7-11-8-4-1-2-6-10-8/h8-9H,1-7,11H2. The van der Waals surface area contributed by atoms with Gasteiger partial charge in [0.25, 0.3) is 0 Å². The first kappa shape index (κ1) is 9.23. The van der Waals surface area contributed by atoms with Crippen LogP contribution >= 0.6 is 0 Å². The lowest BCUT2D eigenvalue weighted by Crippen LogP contribution is -2.25. The number of ether oxygens (including phenoxy) is 1. The molecule has 1 atom stereocenters. The Morgan fingerprint density at radius 3 is 3.00 bits per heavy atom. The van der Waals surface area contributed by atoms with E-state index in [1.54, 1.807) is 0 Å². The highest BCUT2D eigenvalue weighted by molar-refractivity contribution is 6.37. The molecule has 66 valence electrons. The summed E-state index contributed by atoms with van der Waals surface area (Å²) >= 11 is 0. The van der Waals surface area contributed by atoms with E-state index in [9.17, 15) is 0 Å². The lowest BCUT2D eigenvalue weighted by atomic mass is 10.2. The molecule has 1 rings (SSSR count). The van der Waals surface area contributed by atoms with E-state index >= 15 is 0 Å². The molecule has 0 saturated carbocycles. The fourth-order valence-electron chi connectivity index (χ4n) is 1.52. The molecule has 1 aliphatic rings. The molecular formula is C8H18O2Si. The van der Waals surface area contributed by atoms with Gasteiger partial charge < -0.3 is 9.84 Å². The quantitative estimate of drug-likeness (QED) is 0.496. The second kappa shape index (κ2) is 5.74. The molecule has 0 aliphatic carbocycles. The maximum absolute atomic E-state index is 8.58. The van der Waals surface area contributed by atoms with Gasteiger partial charge in [-0.3, -0.25) is 0 Å². The number of aliphatic hydroxyl groups is 1. The molecule has 1 unspecified atom stereocenters. The molecule has 0 aromatic carbocycles. The van der Waals surface area contributed by atoms with E-state index in [-0.39, 0.29) is 9.52 Å². The third-order valence-corrected chi connectivity index (χ3v) is 4.40. The van der Waals surface area contributed by atoms with E-state index in [1.165, 1.54) is 25.3 Å². The molecule has 0 aromatic rings. The normalized spacial score (nSPS) is 26.5. The molecule has 1 heterocycles. The molecule has 0 bridgehead atoms. The largest absolute Gasteiger partial charge is 0.396 e. The van der Waals surface area contributed by atoms with Crippen molar-refractivity contribution in [1.82, 2.24) is 0 Å². The van der Waals surface area contributed by atoms with Gasteiger partial charge in [0.15, 0.2) is 0 Å². The van der Waals surface area contributed by atoms with Gasteiger partial charge in [0.05, 0.1) is 9.52 Å². The summed E-state index contributed by atoms with van der Waals surface area (Å²) in [6.45, 7) is 1.34. The smallest absolute Gasteiger partial charge is 0.0556 e. The average Bonchev–Trinajstić information content (AvgIpc) is 2.07. The van der Waals surface area contributed by atoms with Gasteiger partial charge in [-0.05, 0) is 25.7 Å². The summed E-state index contributed by atoms with van der Waals surface area (Å²) in [7, 11) is -0.0277. The molecule has 0 aromatic heterocycles. The molecule has 0 spiro atoms. The Balaban J connectivity index is 1.96. The zero-order chi connectivity index (χ0) is 7.94. The summed E-state index contributed by atoms with van der Waals surface area (Å²) in [4.78, 5) is 0. The van der Waals surface area contributed by atoms with Crippen LogP contribution in [0, 0.1) is 0 Å².